The molecule has 2 heterocycles. The highest BCUT2D eigenvalue weighted by molar-refractivity contribution is 5.82. The minimum Gasteiger partial charge on any atom is -0.355 e. The molecule has 4 heteroatoms. The van der Waals surface area contributed by atoms with Crippen LogP contribution in [0.4, 0.5) is 0 Å². The first kappa shape index (κ1) is 14.3. The van der Waals surface area contributed by atoms with Crippen LogP contribution in [-0.2, 0) is 4.79 Å². The Morgan fingerprint density at radius 3 is 2.70 bits per heavy atom. The maximum atomic E-state index is 12.6. The third kappa shape index (κ3) is 3.01. The summed E-state index contributed by atoms with van der Waals surface area (Å²) >= 11 is 0. The first-order chi connectivity index (χ1) is 9.73. The number of carbonyl (C=O) groups is 1. The maximum absolute atomic E-state index is 12.6. The highest BCUT2D eigenvalue weighted by Gasteiger charge is 2.38. The number of piperidine rings is 1. The van der Waals surface area contributed by atoms with E-state index in [0.29, 0.717) is 11.8 Å². The fourth-order valence-corrected chi connectivity index (χ4v) is 3.87. The van der Waals surface area contributed by atoms with Gasteiger partial charge < -0.3 is 15.5 Å². The monoisotopic (exact) mass is 279 g/mol. The number of likely N-dealkylation sites (tertiary alicyclic amines) is 1. The molecule has 4 nitrogen and oxygen atoms in total. The third-order valence-corrected chi connectivity index (χ3v) is 5.65. The molecular formula is C16H29N3O. The SMILES string of the molecule is CCC1(C(=O)NCC2CCN(C3CC3)C2)CCNCC1. The molecular weight excluding hydrogens is 250 g/mol. The molecule has 2 saturated heterocycles. The Balaban J connectivity index is 1.46. The Kier molecular flexibility index (Phi) is 4.32. The first-order valence-corrected chi connectivity index (χ1v) is 8.46. The molecule has 2 aliphatic heterocycles. The van der Waals surface area contributed by atoms with Gasteiger partial charge in [0.15, 0.2) is 0 Å². The molecule has 0 aromatic carbocycles. The molecule has 20 heavy (non-hydrogen) atoms. The van der Waals surface area contributed by atoms with Gasteiger partial charge in [0.05, 0.1) is 5.41 Å². The summed E-state index contributed by atoms with van der Waals surface area (Å²) in [6.07, 6.45) is 7.01. The van der Waals surface area contributed by atoms with E-state index in [-0.39, 0.29) is 5.41 Å². The molecule has 0 aromatic rings. The second-order valence-electron chi connectivity index (χ2n) is 6.97. The van der Waals surface area contributed by atoms with Gasteiger partial charge in [-0.1, -0.05) is 6.92 Å². The number of hydrogen-bond acceptors (Lipinski definition) is 3. The Bertz CT molecular complexity index is 348. The molecule has 3 fully saturated rings. The molecule has 0 aromatic heterocycles. The lowest BCUT2D eigenvalue weighted by atomic mass is 9.76. The van der Waals surface area contributed by atoms with Gasteiger partial charge in [-0.25, -0.2) is 0 Å². The first-order valence-electron chi connectivity index (χ1n) is 8.46. The normalized spacial score (nSPS) is 30.4. The lowest BCUT2D eigenvalue weighted by molar-refractivity contribution is -0.133. The quantitative estimate of drug-likeness (QED) is 0.799. The molecule has 0 bridgehead atoms. The molecule has 1 amide bonds. The van der Waals surface area contributed by atoms with E-state index in [9.17, 15) is 4.79 Å². The van der Waals surface area contributed by atoms with Gasteiger partial charge in [0, 0.05) is 19.1 Å². The van der Waals surface area contributed by atoms with Crippen molar-refractivity contribution in [2.45, 2.75) is 51.5 Å². The van der Waals surface area contributed by atoms with Gasteiger partial charge >= 0.3 is 0 Å². The molecule has 0 spiro atoms. The molecule has 0 radical (unpaired) electrons. The van der Waals surface area contributed by atoms with Crippen molar-refractivity contribution in [3.8, 4) is 0 Å². The zero-order valence-electron chi connectivity index (χ0n) is 12.8. The van der Waals surface area contributed by atoms with Crippen LogP contribution in [0.1, 0.15) is 45.4 Å². The van der Waals surface area contributed by atoms with Gasteiger partial charge in [-0.2, -0.15) is 0 Å². The predicted octanol–water partition coefficient (Wildman–Crippen LogP) is 1.37. The topological polar surface area (TPSA) is 44.4 Å². The van der Waals surface area contributed by atoms with Gasteiger partial charge in [-0.3, -0.25) is 4.79 Å². The Morgan fingerprint density at radius 2 is 2.05 bits per heavy atom. The highest BCUT2D eigenvalue weighted by Crippen LogP contribution is 2.34. The zero-order valence-corrected chi connectivity index (χ0v) is 12.8. The van der Waals surface area contributed by atoms with Crippen LogP contribution in [0.2, 0.25) is 0 Å². The Hall–Kier alpha value is -0.610. The summed E-state index contributed by atoms with van der Waals surface area (Å²) in [5.74, 6) is 0.988. The summed E-state index contributed by atoms with van der Waals surface area (Å²) in [6.45, 7) is 7.46. The average molecular weight is 279 g/mol. The highest BCUT2D eigenvalue weighted by atomic mass is 16.2. The minimum absolute atomic E-state index is 0.0972. The Morgan fingerprint density at radius 1 is 1.30 bits per heavy atom. The van der Waals surface area contributed by atoms with Crippen molar-refractivity contribution in [2.75, 3.05) is 32.7 Å². The smallest absolute Gasteiger partial charge is 0.226 e. The van der Waals surface area contributed by atoms with Crippen LogP contribution in [-0.4, -0.2) is 49.6 Å². The molecule has 1 aliphatic carbocycles. The molecule has 2 N–H and O–H groups in total. The predicted molar refractivity (Wildman–Crippen MR) is 80.5 cm³/mol. The van der Waals surface area contributed by atoms with E-state index >= 15 is 0 Å². The van der Waals surface area contributed by atoms with E-state index in [1.165, 1.54) is 32.4 Å². The van der Waals surface area contributed by atoms with Crippen LogP contribution < -0.4 is 10.6 Å². The number of nitrogens with zero attached hydrogens (tertiary/aromatic N) is 1. The van der Waals surface area contributed by atoms with Crippen LogP contribution in [0.3, 0.4) is 0 Å². The molecule has 1 atom stereocenters. The van der Waals surface area contributed by atoms with Crippen molar-refractivity contribution < 1.29 is 4.79 Å². The molecule has 3 rings (SSSR count). The average Bonchev–Trinajstić information content (AvgIpc) is 3.24. The summed E-state index contributed by atoms with van der Waals surface area (Å²) in [4.78, 5) is 15.2. The zero-order chi connectivity index (χ0) is 14.0. The maximum Gasteiger partial charge on any atom is 0.226 e. The van der Waals surface area contributed by atoms with Crippen LogP contribution in [0.25, 0.3) is 0 Å². The van der Waals surface area contributed by atoms with Crippen molar-refractivity contribution in [2.24, 2.45) is 11.3 Å². The number of nitrogens with one attached hydrogen (secondary N) is 2. The fraction of sp³-hybridized carbons (Fsp3) is 0.938. The summed E-state index contributed by atoms with van der Waals surface area (Å²) < 4.78 is 0. The third-order valence-electron chi connectivity index (χ3n) is 5.65. The van der Waals surface area contributed by atoms with Crippen molar-refractivity contribution in [3.63, 3.8) is 0 Å². The molecule has 1 unspecified atom stereocenters. The fourth-order valence-electron chi connectivity index (χ4n) is 3.87. The number of rotatable bonds is 5. The number of hydrogen-bond donors (Lipinski definition) is 2. The van der Waals surface area contributed by atoms with Crippen molar-refractivity contribution in [3.05, 3.63) is 0 Å². The van der Waals surface area contributed by atoms with Crippen LogP contribution >= 0.6 is 0 Å². The van der Waals surface area contributed by atoms with Gasteiger partial charge in [-0.05, 0) is 64.1 Å². The lowest BCUT2D eigenvalue weighted by Gasteiger charge is -2.35. The van der Waals surface area contributed by atoms with Crippen LogP contribution in [0.15, 0.2) is 0 Å². The minimum atomic E-state index is -0.0972. The summed E-state index contributed by atoms with van der Waals surface area (Å²) in [7, 11) is 0. The van der Waals surface area contributed by atoms with E-state index in [0.717, 1.165) is 44.9 Å². The van der Waals surface area contributed by atoms with Crippen molar-refractivity contribution in [1.29, 1.82) is 0 Å². The van der Waals surface area contributed by atoms with E-state index in [1.807, 2.05) is 0 Å². The summed E-state index contributed by atoms with van der Waals surface area (Å²) in [5.41, 5.74) is -0.0972. The van der Waals surface area contributed by atoms with E-state index in [4.69, 9.17) is 0 Å². The van der Waals surface area contributed by atoms with E-state index < -0.39 is 0 Å². The summed E-state index contributed by atoms with van der Waals surface area (Å²) in [5, 5.41) is 6.64. The molecule has 3 aliphatic rings. The Labute approximate surface area is 122 Å². The second kappa shape index (κ2) is 6.02. The summed E-state index contributed by atoms with van der Waals surface area (Å²) in [6, 6.07) is 0.877. The van der Waals surface area contributed by atoms with Gasteiger partial charge in [0.1, 0.15) is 0 Å². The molecule has 1 saturated carbocycles. The van der Waals surface area contributed by atoms with Crippen LogP contribution in [0, 0.1) is 11.3 Å². The van der Waals surface area contributed by atoms with Crippen molar-refractivity contribution >= 4 is 5.91 Å². The molecule has 114 valence electrons. The number of carbonyl (C=O) groups excluding carboxylic acids is 1. The lowest BCUT2D eigenvalue weighted by Crippen LogP contribution is -2.48. The van der Waals surface area contributed by atoms with E-state index in [2.05, 4.69) is 22.5 Å². The van der Waals surface area contributed by atoms with Crippen LogP contribution in [0.5, 0.6) is 0 Å². The van der Waals surface area contributed by atoms with Gasteiger partial charge in [0.25, 0.3) is 0 Å². The van der Waals surface area contributed by atoms with Gasteiger partial charge in [-0.15, -0.1) is 0 Å². The second-order valence-corrected chi connectivity index (χ2v) is 6.97. The largest absolute Gasteiger partial charge is 0.355 e. The van der Waals surface area contributed by atoms with E-state index in [1.54, 1.807) is 0 Å². The number of amides is 1. The van der Waals surface area contributed by atoms with Gasteiger partial charge in [0.2, 0.25) is 5.91 Å². The standard InChI is InChI=1S/C16H29N3O/c1-2-16(6-8-17-9-7-16)15(20)18-11-13-5-10-19(12-13)14-3-4-14/h13-14,17H,2-12H2,1H3,(H,18,20). The van der Waals surface area contributed by atoms with Crippen molar-refractivity contribution in [1.82, 2.24) is 15.5 Å².